The van der Waals surface area contributed by atoms with Crippen LogP contribution in [0.4, 0.5) is 10.2 Å². The molecule has 2 rings (SSSR count). The summed E-state index contributed by atoms with van der Waals surface area (Å²) < 4.78 is 14.1. The van der Waals surface area contributed by atoms with Crippen LogP contribution >= 0.6 is 15.9 Å². The summed E-state index contributed by atoms with van der Waals surface area (Å²) in [5.74, 6) is 0.0223. The molecule has 0 unspecified atom stereocenters. The summed E-state index contributed by atoms with van der Waals surface area (Å²) in [6, 6.07) is 1.40. The highest BCUT2D eigenvalue weighted by Crippen LogP contribution is 2.22. The van der Waals surface area contributed by atoms with Gasteiger partial charge >= 0.3 is 0 Å². The molecule has 0 spiro atoms. The van der Waals surface area contributed by atoms with Crippen molar-refractivity contribution in [2.24, 2.45) is 5.16 Å². The van der Waals surface area contributed by atoms with Crippen LogP contribution in [0.15, 0.2) is 21.9 Å². The van der Waals surface area contributed by atoms with Crippen molar-refractivity contribution < 1.29 is 9.23 Å². The first-order valence-corrected chi connectivity index (χ1v) is 5.15. The molecular weight excluding hydrogens is 265 g/mol. The van der Waals surface area contributed by atoms with Crippen LogP contribution in [0, 0.1) is 5.82 Å². The zero-order valence-corrected chi connectivity index (χ0v) is 9.66. The molecule has 1 aromatic rings. The van der Waals surface area contributed by atoms with E-state index in [4.69, 9.17) is 0 Å². The minimum atomic E-state index is -0.333. The summed E-state index contributed by atoms with van der Waals surface area (Å²) in [6.45, 7) is 1.14. The van der Waals surface area contributed by atoms with Crippen LogP contribution in [0.5, 0.6) is 0 Å². The lowest BCUT2D eigenvalue weighted by atomic mass is 10.2. The third kappa shape index (κ3) is 2.09. The minimum Gasteiger partial charge on any atom is -0.399 e. The summed E-state index contributed by atoms with van der Waals surface area (Å²) in [5.41, 5.74) is 0.890. The predicted molar refractivity (Wildman–Crippen MR) is 58.6 cm³/mol. The summed E-state index contributed by atoms with van der Waals surface area (Å²) in [6.07, 6.45) is 1.57. The van der Waals surface area contributed by atoms with Gasteiger partial charge in [0.15, 0.2) is 11.6 Å². The van der Waals surface area contributed by atoms with Gasteiger partial charge in [0.25, 0.3) is 0 Å². The van der Waals surface area contributed by atoms with Gasteiger partial charge < -0.3 is 9.74 Å². The number of nitrogens with zero attached hydrogens (tertiary/aromatic N) is 3. The van der Waals surface area contributed by atoms with Crippen LogP contribution in [-0.2, 0) is 4.84 Å². The first-order chi connectivity index (χ1) is 7.20. The molecule has 1 aliphatic heterocycles. The van der Waals surface area contributed by atoms with Crippen molar-refractivity contribution in [3.05, 3.63) is 22.6 Å². The van der Waals surface area contributed by atoms with Crippen LogP contribution in [0.3, 0.4) is 0 Å². The quantitative estimate of drug-likeness (QED) is 0.772. The number of hydrogen-bond donors (Lipinski definition) is 0. The van der Waals surface area contributed by atoms with Crippen molar-refractivity contribution in [2.45, 2.75) is 0 Å². The van der Waals surface area contributed by atoms with E-state index < -0.39 is 0 Å². The van der Waals surface area contributed by atoms with Gasteiger partial charge in [0.2, 0.25) is 0 Å². The molecule has 1 fully saturated rings. The lowest BCUT2D eigenvalue weighted by Gasteiger charge is -2.32. The van der Waals surface area contributed by atoms with E-state index in [1.165, 1.54) is 13.2 Å². The van der Waals surface area contributed by atoms with Crippen molar-refractivity contribution in [1.82, 2.24) is 4.98 Å². The molecule has 0 amide bonds. The second-order valence-electron chi connectivity index (χ2n) is 3.16. The Morgan fingerprint density at radius 3 is 2.93 bits per heavy atom. The van der Waals surface area contributed by atoms with E-state index in [0.717, 1.165) is 5.71 Å². The number of oxime groups is 1. The maximum Gasteiger partial charge on any atom is 0.166 e. The molecule has 0 radical (unpaired) electrons. The molecule has 0 aromatic carbocycles. The van der Waals surface area contributed by atoms with E-state index in [1.807, 2.05) is 0 Å². The molecule has 1 aromatic heterocycles. The van der Waals surface area contributed by atoms with Crippen molar-refractivity contribution in [1.29, 1.82) is 0 Å². The molecule has 2 heterocycles. The monoisotopic (exact) mass is 273 g/mol. The molecule has 0 bridgehead atoms. The lowest BCUT2D eigenvalue weighted by Crippen LogP contribution is -2.48. The number of halogens is 2. The van der Waals surface area contributed by atoms with Crippen molar-refractivity contribution >= 4 is 27.5 Å². The Morgan fingerprint density at radius 1 is 1.60 bits per heavy atom. The topological polar surface area (TPSA) is 37.7 Å². The summed E-state index contributed by atoms with van der Waals surface area (Å²) >= 11 is 3.16. The van der Waals surface area contributed by atoms with Gasteiger partial charge in [-0.25, -0.2) is 9.37 Å². The Balaban J connectivity index is 2.10. The van der Waals surface area contributed by atoms with Crippen molar-refractivity contribution in [3.8, 4) is 0 Å². The normalized spacial score (nSPS) is 14.9. The molecule has 6 heteroatoms. The van der Waals surface area contributed by atoms with Crippen LogP contribution in [0.25, 0.3) is 0 Å². The van der Waals surface area contributed by atoms with E-state index in [0.29, 0.717) is 23.4 Å². The highest BCUT2D eigenvalue weighted by atomic mass is 79.9. The Labute approximate surface area is 94.9 Å². The van der Waals surface area contributed by atoms with E-state index in [9.17, 15) is 4.39 Å². The SMILES string of the molecule is CON=C1CN(c2ncc(Br)cc2F)C1. The predicted octanol–water partition coefficient (Wildman–Crippen LogP) is 1.81. The van der Waals surface area contributed by atoms with Crippen LogP contribution in [0.1, 0.15) is 0 Å². The highest BCUT2D eigenvalue weighted by Gasteiger charge is 2.26. The second-order valence-corrected chi connectivity index (χ2v) is 4.07. The fourth-order valence-corrected chi connectivity index (χ4v) is 1.67. The Bertz CT molecular complexity index is 402. The van der Waals surface area contributed by atoms with E-state index in [-0.39, 0.29) is 5.82 Å². The fourth-order valence-electron chi connectivity index (χ4n) is 1.37. The molecule has 0 N–H and O–H groups in total. The van der Waals surface area contributed by atoms with Gasteiger partial charge in [-0.05, 0) is 22.0 Å². The maximum atomic E-state index is 13.4. The fraction of sp³-hybridized carbons (Fsp3) is 0.333. The van der Waals surface area contributed by atoms with Gasteiger partial charge in [0.05, 0.1) is 18.8 Å². The minimum absolute atomic E-state index is 0.333. The summed E-state index contributed by atoms with van der Waals surface area (Å²) in [4.78, 5) is 10.4. The van der Waals surface area contributed by atoms with E-state index in [1.54, 1.807) is 11.1 Å². The molecule has 1 aliphatic rings. The van der Waals surface area contributed by atoms with Crippen LogP contribution < -0.4 is 4.90 Å². The Morgan fingerprint density at radius 2 is 2.33 bits per heavy atom. The van der Waals surface area contributed by atoms with Crippen molar-refractivity contribution in [2.75, 3.05) is 25.1 Å². The number of rotatable bonds is 2. The highest BCUT2D eigenvalue weighted by molar-refractivity contribution is 9.10. The summed E-state index contributed by atoms with van der Waals surface area (Å²) in [5, 5.41) is 3.77. The van der Waals surface area contributed by atoms with Gasteiger partial charge in [0, 0.05) is 10.7 Å². The number of pyridine rings is 1. The number of anilines is 1. The molecule has 0 atom stereocenters. The number of aromatic nitrogens is 1. The zero-order chi connectivity index (χ0) is 10.8. The van der Waals surface area contributed by atoms with Gasteiger partial charge in [-0.1, -0.05) is 5.16 Å². The Kier molecular flexibility index (Phi) is 2.86. The van der Waals surface area contributed by atoms with Gasteiger partial charge in [-0.15, -0.1) is 0 Å². The second kappa shape index (κ2) is 4.14. The zero-order valence-electron chi connectivity index (χ0n) is 8.07. The van der Waals surface area contributed by atoms with Gasteiger partial charge in [0.1, 0.15) is 7.11 Å². The van der Waals surface area contributed by atoms with Gasteiger partial charge in [-0.3, -0.25) is 0 Å². The Hall–Kier alpha value is -1.17. The molecule has 0 aliphatic carbocycles. The summed E-state index contributed by atoms with van der Waals surface area (Å²) in [7, 11) is 1.49. The van der Waals surface area contributed by atoms with E-state index >= 15 is 0 Å². The molecule has 15 heavy (non-hydrogen) atoms. The standard InChI is InChI=1S/C9H9BrFN3O/c1-15-13-7-4-14(5-7)9-8(11)2-6(10)3-12-9/h2-3H,4-5H2,1H3. The molecule has 4 nitrogen and oxygen atoms in total. The molecule has 1 saturated heterocycles. The largest absolute Gasteiger partial charge is 0.399 e. The first-order valence-electron chi connectivity index (χ1n) is 4.35. The third-order valence-electron chi connectivity index (χ3n) is 2.06. The van der Waals surface area contributed by atoms with Crippen molar-refractivity contribution in [3.63, 3.8) is 0 Å². The molecular formula is C9H9BrFN3O. The molecule has 0 saturated carbocycles. The lowest BCUT2D eigenvalue weighted by molar-refractivity contribution is 0.211. The smallest absolute Gasteiger partial charge is 0.166 e. The van der Waals surface area contributed by atoms with Gasteiger partial charge in [-0.2, -0.15) is 0 Å². The first kappa shape index (κ1) is 10.4. The average molecular weight is 274 g/mol. The number of hydrogen-bond acceptors (Lipinski definition) is 4. The van der Waals surface area contributed by atoms with Crippen LogP contribution in [-0.4, -0.2) is 30.9 Å². The van der Waals surface area contributed by atoms with Crippen LogP contribution in [0.2, 0.25) is 0 Å². The van der Waals surface area contributed by atoms with E-state index in [2.05, 4.69) is 30.9 Å². The maximum absolute atomic E-state index is 13.4. The average Bonchev–Trinajstić information content (AvgIpc) is 2.12. The molecule has 80 valence electrons. The third-order valence-corrected chi connectivity index (χ3v) is 2.49.